The fraction of sp³-hybridized carbons (Fsp3) is 0.219. The van der Waals surface area contributed by atoms with Gasteiger partial charge >= 0.3 is 0 Å². The summed E-state index contributed by atoms with van der Waals surface area (Å²) in [5, 5.41) is 7.52. The van der Waals surface area contributed by atoms with Gasteiger partial charge in [0.2, 0.25) is 0 Å². The van der Waals surface area contributed by atoms with Crippen molar-refractivity contribution in [3.05, 3.63) is 210 Å². The average molecular weight is 1050 g/mol. The molecule has 0 amide bonds. The van der Waals surface area contributed by atoms with E-state index in [0.29, 0.717) is 17.5 Å². The first kappa shape index (κ1) is 50.3. The Morgan fingerprint density at radius 1 is 0.316 bits per heavy atom. The fourth-order valence-corrected chi connectivity index (χ4v) is 12.9. The van der Waals surface area contributed by atoms with E-state index in [1.54, 1.807) is 0 Å². The van der Waals surface area contributed by atoms with Crippen LogP contribution in [0.25, 0.3) is 120 Å². The Morgan fingerprint density at radius 3 is 1.27 bits per heavy atom. The van der Waals surface area contributed by atoms with Crippen LogP contribution in [-0.2, 0) is 21.7 Å². The van der Waals surface area contributed by atoms with E-state index in [1.165, 1.54) is 64.0 Å². The van der Waals surface area contributed by atoms with E-state index in [1.807, 2.05) is 11.3 Å². The molecular formula is C73H67N5S. The van der Waals surface area contributed by atoms with Crippen molar-refractivity contribution in [2.45, 2.75) is 105 Å². The molecule has 0 saturated heterocycles. The molecule has 0 saturated carbocycles. The standard InChI is InChI=1S/C73H67N5S/c1-70(2,3)47-37-45(38-48(42-47)71(4,5)6)68-74-67(75-69(76-68)46-39-49(72(7,8)9)43-50(40-46)73(10,11)12)44-33-35-62(78-61-31-21-16-27-56(61)65-63(78)36-34-55-54-26-17-22-32-64(54)79-66(55)65)57(41-44)53-25-15-20-30-60(53)77-58-28-18-13-23-51(58)52-24-14-19-29-59(52)77/h13-43H,1-12H3. The molecule has 13 aromatic rings. The normalized spacial score (nSPS) is 12.8. The molecule has 9 aromatic carbocycles. The van der Waals surface area contributed by atoms with Crippen LogP contribution < -0.4 is 0 Å². The summed E-state index contributed by atoms with van der Waals surface area (Å²) in [5.41, 5.74) is 16.3. The van der Waals surface area contributed by atoms with Crippen LogP contribution in [0.1, 0.15) is 105 Å². The van der Waals surface area contributed by atoms with E-state index in [9.17, 15) is 0 Å². The number of rotatable bonds is 6. The first-order valence-electron chi connectivity index (χ1n) is 27.8. The van der Waals surface area contributed by atoms with E-state index in [2.05, 4.69) is 280 Å². The molecule has 0 aliphatic rings. The predicted molar refractivity (Wildman–Crippen MR) is 338 cm³/mol. The number of aromatic nitrogens is 5. The third-order valence-electron chi connectivity index (χ3n) is 16.2. The smallest absolute Gasteiger partial charge is 0.164 e. The van der Waals surface area contributed by atoms with Crippen LogP contribution in [0.15, 0.2) is 188 Å². The molecule has 79 heavy (non-hydrogen) atoms. The number of hydrogen-bond donors (Lipinski definition) is 0. The first-order valence-corrected chi connectivity index (χ1v) is 28.7. The van der Waals surface area contributed by atoms with Crippen LogP contribution in [0.4, 0.5) is 0 Å². The summed E-state index contributed by atoms with van der Waals surface area (Å²) < 4.78 is 7.55. The Morgan fingerprint density at radius 2 is 0.734 bits per heavy atom. The summed E-state index contributed by atoms with van der Waals surface area (Å²) >= 11 is 1.89. The molecule has 0 radical (unpaired) electrons. The van der Waals surface area contributed by atoms with Crippen molar-refractivity contribution in [2.75, 3.05) is 0 Å². The SMILES string of the molecule is CC(C)(C)c1cc(-c2nc(-c3cc(C(C)(C)C)cc(C(C)(C)C)c3)nc(-c3ccc(-n4c5ccccc5c5c6sc7ccccc7c6ccc54)c(-c4ccccc4-n4c5ccccc5c5ccccc54)c3)n2)cc(C(C)(C)C)c1. The molecule has 5 nitrogen and oxygen atoms in total. The van der Waals surface area contributed by atoms with Crippen molar-refractivity contribution < 1.29 is 0 Å². The number of para-hydroxylation sites is 4. The molecule has 0 atom stereocenters. The molecule has 0 unspecified atom stereocenters. The second kappa shape index (κ2) is 18.2. The molecule has 0 spiro atoms. The van der Waals surface area contributed by atoms with Gasteiger partial charge in [-0.1, -0.05) is 192 Å². The minimum atomic E-state index is -0.110. The lowest BCUT2D eigenvalue weighted by Crippen LogP contribution is -2.17. The number of fused-ring (bicyclic) bond motifs is 10. The highest BCUT2D eigenvalue weighted by atomic mass is 32.1. The molecule has 0 fully saturated rings. The van der Waals surface area contributed by atoms with Gasteiger partial charge in [0.25, 0.3) is 0 Å². The van der Waals surface area contributed by atoms with Crippen LogP contribution in [0.5, 0.6) is 0 Å². The van der Waals surface area contributed by atoms with Crippen molar-refractivity contribution in [1.29, 1.82) is 0 Å². The Balaban J connectivity index is 1.13. The van der Waals surface area contributed by atoms with Gasteiger partial charge in [0.1, 0.15) is 0 Å². The summed E-state index contributed by atoms with van der Waals surface area (Å²) in [6.45, 7) is 27.5. The van der Waals surface area contributed by atoms with Crippen molar-refractivity contribution >= 4 is 75.1 Å². The van der Waals surface area contributed by atoms with Crippen molar-refractivity contribution in [3.8, 4) is 56.7 Å². The number of hydrogen-bond acceptors (Lipinski definition) is 4. The van der Waals surface area contributed by atoms with Crippen molar-refractivity contribution in [2.24, 2.45) is 0 Å². The maximum atomic E-state index is 5.59. The third-order valence-corrected chi connectivity index (χ3v) is 17.4. The fourth-order valence-electron chi connectivity index (χ4n) is 11.7. The van der Waals surface area contributed by atoms with Crippen LogP contribution in [0, 0.1) is 0 Å². The van der Waals surface area contributed by atoms with Gasteiger partial charge in [0.05, 0.1) is 33.4 Å². The number of thiophene rings is 1. The lowest BCUT2D eigenvalue weighted by molar-refractivity contribution is 0.568. The molecule has 4 aromatic heterocycles. The lowest BCUT2D eigenvalue weighted by Gasteiger charge is -2.26. The minimum absolute atomic E-state index is 0.110. The highest BCUT2D eigenvalue weighted by Gasteiger charge is 2.27. The molecule has 4 heterocycles. The molecule has 0 N–H and O–H groups in total. The lowest BCUT2D eigenvalue weighted by atomic mass is 9.79. The van der Waals surface area contributed by atoms with Crippen molar-refractivity contribution in [3.63, 3.8) is 0 Å². The van der Waals surface area contributed by atoms with Gasteiger partial charge < -0.3 is 9.13 Å². The van der Waals surface area contributed by atoms with Crippen LogP contribution in [0.3, 0.4) is 0 Å². The molecule has 13 rings (SSSR count). The zero-order chi connectivity index (χ0) is 54.9. The Labute approximate surface area is 468 Å². The maximum absolute atomic E-state index is 5.59. The van der Waals surface area contributed by atoms with Gasteiger partial charge in [-0.05, 0) is 123 Å². The first-order chi connectivity index (χ1) is 37.7. The van der Waals surface area contributed by atoms with Gasteiger partial charge in [-0.25, -0.2) is 15.0 Å². The van der Waals surface area contributed by atoms with Crippen molar-refractivity contribution in [1.82, 2.24) is 24.1 Å². The second-order valence-electron chi connectivity index (χ2n) is 25.8. The summed E-state index contributed by atoms with van der Waals surface area (Å²) in [7, 11) is 0. The van der Waals surface area contributed by atoms with E-state index < -0.39 is 0 Å². The van der Waals surface area contributed by atoms with Gasteiger partial charge in [0, 0.05) is 69.5 Å². The van der Waals surface area contributed by atoms with E-state index in [4.69, 9.17) is 15.0 Å². The molecular weight excluding hydrogens is 979 g/mol. The molecule has 0 bridgehead atoms. The highest BCUT2D eigenvalue weighted by molar-refractivity contribution is 7.26. The zero-order valence-corrected chi connectivity index (χ0v) is 48.4. The third kappa shape index (κ3) is 8.63. The largest absolute Gasteiger partial charge is 0.309 e. The Bertz CT molecular complexity index is 4380. The zero-order valence-electron chi connectivity index (χ0n) is 47.5. The predicted octanol–water partition coefficient (Wildman–Crippen LogP) is 20.3. The maximum Gasteiger partial charge on any atom is 0.164 e. The quantitative estimate of drug-likeness (QED) is 0.167. The Kier molecular flexibility index (Phi) is 11.6. The van der Waals surface area contributed by atoms with Gasteiger partial charge in [-0.3, -0.25) is 0 Å². The van der Waals surface area contributed by atoms with E-state index in [0.717, 1.165) is 61.3 Å². The van der Waals surface area contributed by atoms with E-state index >= 15 is 0 Å². The van der Waals surface area contributed by atoms with E-state index in [-0.39, 0.29) is 21.7 Å². The Hall–Kier alpha value is -8.19. The topological polar surface area (TPSA) is 48.5 Å². The summed E-state index contributed by atoms with van der Waals surface area (Å²) in [4.78, 5) is 16.7. The number of nitrogens with zero attached hydrogens (tertiary/aromatic N) is 5. The minimum Gasteiger partial charge on any atom is -0.309 e. The van der Waals surface area contributed by atoms with Crippen LogP contribution in [0.2, 0.25) is 0 Å². The molecule has 390 valence electrons. The van der Waals surface area contributed by atoms with Crippen LogP contribution >= 0.6 is 11.3 Å². The molecule has 0 aliphatic heterocycles. The second-order valence-corrected chi connectivity index (χ2v) is 26.9. The summed E-state index contributed by atoms with van der Waals surface area (Å²) in [5.74, 6) is 1.93. The number of benzene rings is 9. The van der Waals surface area contributed by atoms with Gasteiger partial charge in [-0.2, -0.15) is 0 Å². The monoisotopic (exact) mass is 1050 g/mol. The summed E-state index contributed by atoms with van der Waals surface area (Å²) in [6, 6.07) is 69.8. The van der Waals surface area contributed by atoms with Gasteiger partial charge in [-0.15, -0.1) is 11.3 Å². The van der Waals surface area contributed by atoms with Gasteiger partial charge in [0.15, 0.2) is 17.5 Å². The average Bonchev–Trinajstić information content (AvgIpc) is 4.33. The molecule has 0 aliphatic carbocycles. The summed E-state index contributed by atoms with van der Waals surface area (Å²) in [6.07, 6.45) is 0. The van der Waals surface area contributed by atoms with Crippen LogP contribution in [-0.4, -0.2) is 24.1 Å². The molecule has 6 heteroatoms. The highest BCUT2D eigenvalue weighted by Crippen LogP contribution is 2.47.